The summed E-state index contributed by atoms with van der Waals surface area (Å²) in [5.74, 6) is -2.79. The van der Waals surface area contributed by atoms with E-state index in [4.69, 9.17) is 33.2 Å². The molecular formula is C56H89N7O14. The number of carbonyl (C=O) groups excluding carboxylic acids is 2. The Hall–Kier alpha value is -3.97. The number of aryl methyl sites for hydroxylation is 1. The number of benzene rings is 1. The highest BCUT2D eigenvalue weighted by molar-refractivity contribution is 6.01. The molecule has 4 saturated heterocycles. The normalized spacial score (nSPS) is 39.3. The van der Waals surface area contributed by atoms with Gasteiger partial charge in [0.05, 0.1) is 71.5 Å². The van der Waals surface area contributed by atoms with Crippen molar-refractivity contribution in [3.05, 3.63) is 48.4 Å². The van der Waals surface area contributed by atoms with E-state index >= 15 is 0 Å². The van der Waals surface area contributed by atoms with Gasteiger partial charge in [0.25, 0.3) is 0 Å². The number of methoxy groups -OCH3 is 1. The van der Waals surface area contributed by atoms with Crippen LogP contribution in [0.3, 0.4) is 0 Å². The average Bonchev–Trinajstić information content (AvgIpc) is 4.01. The number of hydrogen-bond donors (Lipinski definition) is 5. The summed E-state index contributed by atoms with van der Waals surface area (Å²) in [4.78, 5) is 37.6. The number of unbranched alkanes of at least 4 members (excludes halogenated alkanes) is 1. The molecule has 3 aromatic rings. The summed E-state index contributed by atoms with van der Waals surface area (Å²) in [5.41, 5.74) is -2.18. The molecule has 1 amide bonds. The van der Waals surface area contributed by atoms with Gasteiger partial charge in [-0.3, -0.25) is 14.7 Å². The Labute approximate surface area is 454 Å². The van der Waals surface area contributed by atoms with E-state index in [9.17, 15) is 35.1 Å². The van der Waals surface area contributed by atoms with Crippen LogP contribution in [-0.4, -0.2) is 205 Å². The molecule has 4 aliphatic heterocycles. The number of rotatable bonds is 15. The van der Waals surface area contributed by atoms with Crippen molar-refractivity contribution >= 4 is 28.7 Å². The molecule has 2 aromatic heterocycles. The van der Waals surface area contributed by atoms with E-state index in [1.807, 2.05) is 76.3 Å². The first-order chi connectivity index (χ1) is 36.3. The second-order valence-corrected chi connectivity index (χ2v) is 23.5. The lowest BCUT2D eigenvalue weighted by Gasteiger charge is -2.49. The Balaban J connectivity index is 1.05. The summed E-state index contributed by atoms with van der Waals surface area (Å²) >= 11 is 0. The maximum atomic E-state index is 14.5. The van der Waals surface area contributed by atoms with Crippen molar-refractivity contribution in [2.24, 2.45) is 17.8 Å². The summed E-state index contributed by atoms with van der Waals surface area (Å²) < 4.78 is 45.8. The summed E-state index contributed by atoms with van der Waals surface area (Å²) in [6.45, 7) is 19.4. The van der Waals surface area contributed by atoms with Gasteiger partial charge in [-0.2, -0.15) is 0 Å². The van der Waals surface area contributed by atoms with Crippen LogP contribution in [0.2, 0.25) is 0 Å². The van der Waals surface area contributed by atoms with Crippen LogP contribution in [0.4, 0.5) is 10.5 Å². The fourth-order valence-corrected chi connectivity index (χ4v) is 12.4. The third kappa shape index (κ3) is 13.8. The summed E-state index contributed by atoms with van der Waals surface area (Å²) in [5, 5.41) is 69.4. The quantitative estimate of drug-likeness (QED) is 0.104. The second-order valence-electron chi connectivity index (χ2n) is 23.5. The molecule has 0 spiro atoms. The molecule has 7 rings (SSSR count). The Bertz CT molecular complexity index is 2410. The van der Waals surface area contributed by atoms with Gasteiger partial charge < -0.3 is 68.5 Å². The Morgan fingerprint density at radius 3 is 2.36 bits per heavy atom. The number of aliphatic hydroxyl groups is 5. The molecule has 6 heterocycles. The lowest BCUT2D eigenvalue weighted by atomic mass is 9.77. The zero-order valence-corrected chi connectivity index (χ0v) is 47.6. The molecular weight excluding hydrogens is 995 g/mol. The minimum Gasteiger partial charge on any atom is -0.459 e. The van der Waals surface area contributed by atoms with Gasteiger partial charge >= 0.3 is 12.1 Å². The van der Waals surface area contributed by atoms with Crippen molar-refractivity contribution in [3.8, 4) is 0 Å². The van der Waals surface area contributed by atoms with Crippen molar-refractivity contribution in [1.82, 2.24) is 29.8 Å². The molecule has 19 atom stereocenters. The summed E-state index contributed by atoms with van der Waals surface area (Å²) in [7, 11) is 5.31. The lowest BCUT2D eigenvalue weighted by Crippen LogP contribution is -2.60. The topological polar surface area (TPSA) is 253 Å². The molecule has 0 bridgehead atoms. The molecule has 77 heavy (non-hydrogen) atoms. The molecule has 432 valence electrons. The van der Waals surface area contributed by atoms with Gasteiger partial charge in [0.1, 0.15) is 36.1 Å². The number of pyridine rings is 1. The van der Waals surface area contributed by atoms with Crippen LogP contribution in [0.25, 0.3) is 10.9 Å². The minimum atomic E-state index is -1.84. The molecule has 0 unspecified atom stereocenters. The SMILES string of the molecule is CC[C@H]1OC(=O)[C@H](C)[C@@H](O[C@H]2C[C@@](C)(OC)[C@@H](O)[C@H](C)O2)[C@H](C)[C@@H](O[C@@H]2O[C@H](C)C[C@H](N(C)CCCCc3cn(C[C@H]4CN(c5cccc6ncccc56)C(=O)O4)nn3)[C@H]2O)[C@](C)(O)C[C@@H](C)CN(C)[C@H](C)[C@@H](O)[C@]1(C)O. The number of nitrogens with zero attached hydrogens (tertiary/aromatic N) is 7. The Morgan fingerprint density at radius 2 is 1.65 bits per heavy atom. The van der Waals surface area contributed by atoms with Gasteiger partial charge in [-0.1, -0.05) is 32.1 Å². The monoisotopic (exact) mass is 1080 g/mol. The van der Waals surface area contributed by atoms with Crippen LogP contribution in [0.5, 0.6) is 0 Å². The largest absolute Gasteiger partial charge is 0.459 e. The second kappa shape index (κ2) is 25.2. The first-order valence-corrected chi connectivity index (χ1v) is 27.8. The van der Waals surface area contributed by atoms with Crippen molar-refractivity contribution < 1.29 is 68.3 Å². The standard InChI is InChI=1S/C56H89N7O14/c1-14-44-56(10,70)48(65)36(6)61(12)28-32(2)26-54(8,69)50(34(4)47(35(5)51(67)75-44)76-45-27-55(9,71-13)49(66)37(7)73-45)77-52-46(64)43(25-33(3)72-52)60(11)24-16-15-19-38-29-62(59-58-38)30-39-31-63(53(68)74-39)42-22-17-21-41-40(42)20-18-23-57-41/h17-18,20-23,29,32-37,39,43-50,52,64-66,69-70H,14-16,19,24-28,30-31H2,1-13H3/t32-,33-,34+,35-,36-,37+,39+,43+,44-,45+,46-,47+,48-,49+,50-,52+,54-,55-,56-/m1/s1. The van der Waals surface area contributed by atoms with E-state index in [0.717, 1.165) is 35.1 Å². The van der Waals surface area contributed by atoms with E-state index in [2.05, 4.69) is 20.2 Å². The van der Waals surface area contributed by atoms with Crippen molar-refractivity contribution in [1.29, 1.82) is 0 Å². The number of cyclic esters (lactones) is 2. The average molecular weight is 1080 g/mol. The molecule has 21 heteroatoms. The molecule has 1 aromatic carbocycles. The maximum absolute atomic E-state index is 14.5. The van der Waals surface area contributed by atoms with Gasteiger partial charge in [-0.15, -0.1) is 5.10 Å². The van der Waals surface area contributed by atoms with Crippen molar-refractivity contribution in [2.45, 2.75) is 217 Å². The number of aromatic nitrogens is 4. The summed E-state index contributed by atoms with van der Waals surface area (Å²) in [6.07, 6.45) is -4.00. The molecule has 4 fully saturated rings. The van der Waals surface area contributed by atoms with Gasteiger partial charge in [0, 0.05) is 55.9 Å². The molecule has 0 aliphatic carbocycles. The minimum absolute atomic E-state index is 0.0992. The highest BCUT2D eigenvalue weighted by Gasteiger charge is 2.53. The van der Waals surface area contributed by atoms with Crippen LogP contribution in [0.15, 0.2) is 42.7 Å². The molecule has 5 N–H and O–H groups in total. The number of ether oxygens (including phenoxy) is 7. The number of esters is 1. The molecule has 21 nitrogen and oxygen atoms in total. The van der Waals surface area contributed by atoms with E-state index in [1.54, 1.807) is 57.3 Å². The van der Waals surface area contributed by atoms with Crippen LogP contribution >= 0.6 is 0 Å². The number of hydrogen-bond acceptors (Lipinski definition) is 19. The summed E-state index contributed by atoms with van der Waals surface area (Å²) in [6, 6.07) is 8.50. The third-order valence-electron chi connectivity index (χ3n) is 17.1. The fourth-order valence-electron chi connectivity index (χ4n) is 12.4. The van der Waals surface area contributed by atoms with Crippen LogP contribution < -0.4 is 4.90 Å². The number of aliphatic hydroxyl groups excluding tert-OH is 3. The number of fused-ring (bicyclic) bond motifs is 1. The number of likely N-dealkylation sites (N-methyl/N-ethyl adjacent to an activating group) is 2. The molecule has 0 saturated carbocycles. The fraction of sp³-hybridized carbons (Fsp3) is 0.768. The Kier molecular flexibility index (Phi) is 19.9. The van der Waals surface area contributed by atoms with Gasteiger partial charge in [-0.05, 0) is 138 Å². The van der Waals surface area contributed by atoms with Crippen molar-refractivity contribution in [3.63, 3.8) is 0 Å². The Morgan fingerprint density at radius 1 is 0.909 bits per heavy atom. The van der Waals surface area contributed by atoms with E-state index in [-0.39, 0.29) is 37.3 Å². The highest BCUT2D eigenvalue weighted by atomic mass is 16.7. The van der Waals surface area contributed by atoms with Crippen LogP contribution in [-0.2, 0) is 50.9 Å². The smallest absolute Gasteiger partial charge is 0.414 e. The first kappa shape index (κ1) is 60.7. The third-order valence-corrected chi connectivity index (χ3v) is 17.1. The predicted octanol–water partition coefficient (Wildman–Crippen LogP) is 4.46. The van der Waals surface area contributed by atoms with Gasteiger partial charge in [0.15, 0.2) is 12.6 Å². The first-order valence-electron chi connectivity index (χ1n) is 27.8. The number of anilines is 1. The van der Waals surface area contributed by atoms with E-state index in [0.29, 0.717) is 39.0 Å². The lowest BCUT2D eigenvalue weighted by molar-refractivity contribution is -0.318. The zero-order chi connectivity index (χ0) is 56.3. The highest BCUT2D eigenvalue weighted by Crippen LogP contribution is 2.41. The van der Waals surface area contributed by atoms with Gasteiger partial charge in [0.2, 0.25) is 0 Å². The zero-order valence-electron chi connectivity index (χ0n) is 47.6. The molecule has 0 radical (unpaired) electrons. The van der Waals surface area contributed by atoms with Crippen molar-refractivity contribution in [2.75, 3.05) is 45.7 Å². The van der Waals surface area contributed by atoms with Gasteiger partial charge in [-0.25, -0.2) is 9.48 Å². The molecule has 4 aliphatic rings. The maximum Gasteiger partial charge on any atom is 0.414 e. The predicted molar refractivity (Wildman–Crippen MR) is 285 cm³/mol. The van der Waals surface area contributed by atoms with Crippen LogP contribution in [0.1, 0.15) is 113 Å². The number of carbonyl (C=O) groups is 2. The van der Waals surface area contributed by atoms with E-state index < -0.39 is 108 Å². The van der Waals surface area contributed by atoms with E-state index in [1.165, 1.54) is 14.0 Å². The van der Waals surface area contributed by atoms with Crippen LogP contribution in [0, 0.1) is 17.8 Å². The number of amides is 1.